The Bertz CT molecular complexity index is 433. The van der Waals surface area contributed by atoms with Crippen molar-refractivity contribution < 1.29 is 18.6 Å². The van der Waals surface area contributed by atoms with E-state index in [1.165, 1.54) is 7.11 Å². The van der Waals surface area contributed by atoms with Crippen LogP contribution in [-0.4, -0.2) is 18.8 Å². The fourth-order valence-corrected chi connectivity index (χ4v) is 2.00. The summed E-state index contributed by atoms with van der Waals surface area (Å²) in [5.41, 5.74) is 5.51. The molecule has 1 aliphatic carbocycles. The molecular weight excluding hydrogens is 228 g/mol. The van der Waals surface area contributed by atoms with E-state index in [1.807, 2.05) is 0 Å². The molecule has 3 nitrogen and oxygen atoms in total. The summed E-state index contributed by atoms with van der Waals surface area (Å²) in [6, 6.07) is 1.35. The molecule has 1 aromatic carbocycles. The standard InChI is InChI=1S/C12H15F2NO2/c1-17-10-5-8(13)7(4-9(10)14)11(15)12(6-16)2-3-12/h4-5,11,16H,2-3,6,15H2,1H3. The Morgan fingerprint density at radius 1 is 1.41 bits per heavy atom. The van der Waals surface area contributed by atoms with Crippen LogP contribution in [0.5, 0.6) is 5.75 Å². The Balaban J connectivity index is 2.36. The van der Waals surface area contributed by atoms with Crippen molar-refractivity contribution in [3.63, 3.8) is 0 Å². The highest BCUT2D eigenvalue weighted by Gasteiger charge is 2.48. The van der Waals surface area contributed by atoms with E-state index < -0.39 is 23.1 Å². The summed E-state index contributed by atoms with van der Waals surface area (Å²) in [6.07, 6.45) is 1.47. The molecule has 17 heavy (non-hydrogen) atoms. The van der Waals surface area contributed by atoms with Crippen LogP contribution in [0.3, 0.4) is 0 Å². The summed E-state index contributed by atoms with van der Waals surface area (Å²) in [6.45, 7) is -0.110. The van der Waals surface area contributed by atoms with E-state index >= 15 is 0 Å². The Morgan fingerprint density at radius 3 is 2.53 bits per heavy atom. The molecule has 0 bridgehead atoms. The quantitative estimate of drug-likeness (QED) is 0.847. The number of methoxy groups -OCH3 is 1. The Labute approximate surface area is 98.2 Å². The zero-order chi connectivity index (χ0) is 12.6. The monoisotopic (exact) mass is 243 g/mol. The first-order valence-electron chi connectivity index (χ1n) is 5.43. The molecule has 0 aliphatic heterocycles. The van der Waals surface area contributed by atoms with E-state index in [9.17, 15) is 13.9 Å². The molecule has 2 rings (SSSR count). The van der Waals surface area contributed by atoms with Crippen molar-refractivity contribution in [1.29, 1.82) is 0 Å². The lowest BCUT2D eigenvalue weighted by Crippen LogP contribution is -2.27. The van der Waals surface area contributed by atoms with Gasteiger partial charge in [-0.3, -0.25) is 0 Å². The van der Waals surface area contributed by atoms with Crippen LogP contribution in [0.25, 0.3) is 0 Å². The molecule has 3 N–H and O–H groups in total. The topological polar surface area (TPSA) is 55.5 Å². The molecule has 94 valence electrons. The second-order valence-electron chi connectivity index (χ2n) is 4.51. The fourth-order valence-electron chi connectivity index (χ4n) is 2.00. The highest BCUT2D eigenvalue weighted by Crippen LogP contribution is 2.53. The van der Waals surface area contributed by atoms with Gasteiger partial charge < -0.3 is 15.6 Å². The molecule has 0 radical (unpaired) electrons. The van der Waals surface area contributed by atoms with Crippen molar-refractivity contribution in [2.75, 3.05) is 13.7 Å². The largest absolute Gasteiger partial charge is 0.494 e. The summed E-state index contributed by atoms with van der Waals surface area (Å²) in [5, 5.41) is 9.23. The summed E-state index contributed by atoms with van der Waals surface area (Å²) >= 11 is 0. The summed E-state index contributed by atoms with van der Waals surface area (Å²) in [7, 11) is 1.27. The zero-order valence-electron chi connectivity index (χ0n) is 9.54. The van der Waals surface area contributed by atoms with Gasteiger partial charge in [-0.05, 0) is 18.9 Å². The number of halogens is 2. The third-order valence-electron chi connectivity index (χ3n) is 3.47. The van der Waals surface area contributed by atoms with Gasteiger partial charge in [0.15, 0.2) is 11.6 Å². The number of aliphatic hydroxyl groups excluding tert-OH is 1. The van der Waals surface area contributed by atoms with Crippen molar-refractivity contribution in [3.05, 3.63) is 29.3 Å². The van der Waals surface area contributed by atoms with Crippen LogP contribution < -0.4 is 10.5 Å². The number of rotatable bonds is 4. The lowest BCUT2D eigenvalue weighted by molar-refractivity contribution is 0.186. The van der Waals surface area contributed by atoms with Crippen LogP contribution in [0.1, 0.15) is 24.4 Å². The molecule has 0 saturated heterocycles. The smallest absolute Gasteiger partial charge is 0.165 e. The molecule has 1 saturated carbocycles. The van der Waals surface area contributed by atoms with Gasteiger partial charge in [-0.25, -0.2) is 8.78 Å². The van der Waals surface area contributed by atoms with Gasteiger partial charge in [-0.15, -0.1) is 0 Å². The molecule has 0 aromatic heterocycles. The first-order valence-corrected chi connectivity index (χ1v) is 5.43. The van der Waals surface area contributed by atoms with E-state index in [-0.39, 0.29) is 17.9 Å². The predicted molar refractivity (Wildman–Crippen MR) is 58.6 cm³/mol. The van der Waals surface area contributed by atoms with Crippen LogP contribution in [0.15, 0.2) is 12.1 Å². The molecular formula is C12H15F2NO2. The molecule has 1 atom stereocenters. The van der Waals surface area contributed by atoms with Crippen LogP contribution in [0, 0.1) is 17.0 Å². The molecule has 0 heterocycles. The van der Waals surface area contributed by atoms with Gasteiger partial charge in [0.2, 0.25) is 0 Å². The number of benzene rings is 1. The molecule has 5 heteroatoms. The van der Waals surface area contributed by atoms with Gasteiger partial charge >= 0.3 is 0 Å². The van der Waals surface area contributed by atoms with Crippen LogP contribution in [0.2, 0.25) is 0 Å². The summed E-state index contributed by atoms with van der Waals surface area (Å²) in [5.74, 6) is -1.39. The first kappa shape index (κ1) is 12.3. The normalized spacial score (nSPS) is 18.9. The second kappa shape index (κ2) is 4.23. The second-order valence-corrected chi connectivity index (χ2v) is 4.51. The van der Waals surface area contributed by atoms with Gasteiger partial charge in [0, 0.05) is 23.1 Å². The lowest BCUT2D eigenvalue weighted by atomic mass is 9.91. The average Bonchev–Trinajstić information content (AvgIpc) is 3.11. The predicted octanol–water partition coefficient (Wildman–Crippen LogP) is 1.75. The lowest BCUT2D eigenvalue weighted by Gasteiger charge is -2.22. The average molecular weight is 243 g/mol. The molecule has 0 amide bonds. The number of hydrogen-bond donors (Lipinski definition) is 2. The molecule has 0 spiro atoms. The zero-order valence-corrected chi connectivity index (χ0v) is 9.54. The maximum atomic E-state index is 13.8. The summed E-state index contributed by atoms with van der Waals surface area (Å²) < 4.78 is 31.9. The third-order valence-corrected chi connectivity index (χ3v) is 3.47. The van der Waals surface area contributed by atoms with E-state index in [0.717, 1.165) is 25.0 Å². The SMILES string of the molecule is COc1cc(F)c(C(N)C2(CO)CC2)cc1F. The molecule has 1 aliphatic rings. The third kappa shape index (κ3) is 2.00. The van der Waals surface area contributed by atoms with E-state index in [4.69, 9.17) is 5.73 Å². The van der Waals surface area contributed by atoms with Gasteiger partial charge in [-0.2, -0.15) is 0 Å². The Morgan fingerprint density at radius 2 is 2.06 bits per heavy atom. The maximum absolute atomic E-state index is 13.8. The van der Waals surface area contributed by atoms with Crippen LogP contribution in [-0.2, 0) is 0 Å². The number of ether oxygens (including phenoxy) is 1. The highest BCUT2D eigenvalue weighted by molar-refractivity contribution is 5.34. The summed E-state index contributed by atoms with van der Waals surface area (Å²) in [4.78, 5) is 0. The number of hydrogen-bond acceptors (Lipinski definition) is 3. The fraction of sp³-hybridized carbons (Fsp3) is 0.500. The van der Waals surface area contributed by atoms with Crippen molar-refractivity contribution in [1.82, 2.24) is 0 Å². The van der Waals surface area contributed by atoms with Crippen molar-refractivity contribution in [2.45, 2.75) is 18.9 Å². The van der Waals surface area contributed by atoms with Crippen molar-refractivity contribution in [2.24, 2.45) is 11.1 Å². The minimum absolute atomic E-state index is 0.0925. The molecule has 1 aromatic rings. The number of aliphatic hydroxyl groups is 1. The van der Waals surface area contributed by atoms with E-state index in [1.54, 1.807) is 0 Å². The van der Waals surface area contributed by atoms with Gasteiger partial charge in [0.1, 0.15) is 5.82 Å². The van der Waals surface area contributed by atoms with Crippen LogP contribution >= 0.6 is 0 Å². The highest BCUT2D eigenvalue weighted by atomic mass is 19.1. The minimum atomic E-state index is -0.687. The molecule has 1 fully saturated rings. The van der Waals surface area contributed by atoms with Gasteiger partial charge in [0.25, 0.3) is 0 Å². The van der Waals surface area contributed by atoms with Gasteiger partial charge in [0.05, 0.1) is 13.7 Å². The Hall–Kier alpha value is -1.20. The Kier molecular flexibility index (Phi) is 3.05. The van der Waals surface area contributed by atoms with E-state index in [0.29, 0.717) is 0 Å². The van der Waals surface area contributed by atoms with Crippen molar-refractivity contribution >= 4 is 0 Å². The van der Waals surface area contributed by atoms with Gasteiger partial charge in [-0.1, -0.05) is 0 Å². The number of nitrogens with two attached hydrogens (primary N) is 1. The van der Waals surface area contributed by atoms with Crippen LogP contribution in [0.4, 0.5) is 8.78 Å². The minimum Gasteiger partial charge on any atom is -0.494 e. The van der Waals surface area contributed by atoms with E-state index in [2.05, 4.69) is 4.74 Å². The maximum Gasteiger partial charge on any atom is 0.165 e. The van der Waals surface area contributed by atoms with Crippen molar-refractivity contribution in [3.8, 4) is 5.75 Å². The molecule has 1 unspecified atom stereocenters. The first-order chi connectivity index (χ1) is 8.04.